The van der Waals surface area contributed by atoms with E-state index in [1.165, 1.54) is 24.3 Å². The molecule has 0 atom stereocenters. The summed E-state index contributed by atoms with van der Waals surface area (Å²) in [6, 6.07) is 16.9. The Morgan fingerprint density at radius 3 is 2.75 bits per heavy atom. The fourth-order valence-electron chi connectivity index (χ4n) is 2.91. The minimum atomic E-state index is -0.566. The highest BCUT2D eigenvalue weighted by Gasteiger charge is 2.13. The average molecular weight is 377 g/mol. The van der Waals surface area contributed by atoms with Crippen LogP contribution < -0.4 is 10.9 Å². The topological polar surface area (TPSA) is 88.0 Å². The van der Waals surface area contributed by atoms with Crippen LogP contribution in [0.3, 0.4) is 0 Å². The summed E-state index contributed by atoms with van der Waals surface area (Å²) >= 11 is 0. The molecule has 2 aromatic heterocycles. The van der Waals surface area contributed by atoms with Crippen molar-refractivity contribution in [3.8, 4) is 11.3 Å². The Bertz CT molecular complexity index is 1200. The van der Waals surface area contributed by atoms with Crippen molar-refractivity contribution in [2.45, 2.75) is 6.42 Å². The summed E-state index contributed by atoms with van der Waals surface area (Å²) < 4.78 is 18.6. The molecule has 2 aromatic carbocycles. The van der Waals surface area contributed by atoms with Gasteiger partial charge in [0.1, 0.15) is 11.4 Å². The smallest absolute Gasteiger partial charge is 0.261 e. The Hall–Kier alpha value is -3.74. The Balaban J connectivity index is 1.42. The number of hydrogen-bond acceptors (Lipinski definition) is 4. The number of rotatable bonds is 5. The Morgan fingerprint density at radius 1 is 1.11 bits per heavy atom. The molecule has 0 spiro atoms. The molecule has 0 radical (unpaired) electrons. The van der Waals surface area contributed by atoms with E-state index >= 15 is 0 Å². The molecule has 7 heteroatoms. The number of nitrogens with zero attached hydrogens (tertiary/aromatic N) is 1. The number of aromatic amines is 1. The highest BCUT2D eigenvalue weighted by Crippen LogP contribution is 2.19. The minimum absolute atomic E-state index is 0.0239. The zero-order chi connectivity index (χ0) is 19.5. The van der Waals surface area contributed by atoms with Crippen LogP contribution in [-0.4, -0.2) is 22.6 Å². The van der Waals surface area contributed by atoms with Crippen LogP contribution in [0, 0.1) is 5.82 Å². The van der Waals surface area contributed by atoms with Crippen LogP contribution in [0.4, 0.5) is 4.39 Å². The van der Waals surface area contributed by atoms with Crippen molar-refractivity contribution in [2.75, 3.05) is 6.54 Å². The molecule has 0 aliphatic rings. The number of carbonyl (C=O) groups is 1. The summed E-state index contributed by atoms with van der Waals surface area (Å²) in [4.78, 5) is 27.0. The van der Waals surface area contributed by atoms with Crippen LogP contribution in [0.2, 0.25) is 0 Å². The maximum atomic E-state index is 13.3. The van der Waals surface area contributed by atoms with E-state index in [2.05, 4.69) is 15.5 Å². The number of pyridine rings is 1. The SMILES string of the molecule is O=C(NCCc1cc(-c2ccccc2)on1)c1cc2ccc(F)cc2[nH]c1=O. The summed E-state index contributed by atoms with van der Waals surface area (Å²) in [6.07, 6.45) is 0.457. The molecule has 0 aliphatic heterocycles. The average Bonchev–Trinajstić information content (AvgIpc) is 3.17. The predicted molar refractivity (Wildman–Crippen MR) is 103 cm³/mol. The zero-order valence-corrected chi connectivity index (χ0v) is 14.7. The zero-order valence-electron chi connectivity index (χ0n) is 14.7. The first kappa shape index (κ1) is 17.7. The van der Waals surface area contributed by atoms with Crippen molar-refractivity contribution in [1.29, 1.82) is 0 Å². The van der Waals surface area contributed by atoms with Gasteiger partial charge in [0.25, 0.3) is 11.5 Å². The standard InChI is InChI=1S/C21H16FN3O3/c22-15-7-6-14-10-17(21(27)24-18(14)11-15)20(26)23-9-8-16-12-19(28-25-16)13-4-2-1-3-5-13/h1-7,10-12H,8-9H2,(H,23,26)(H,24,27). The summed E-state index contributed by atoms with van der Waals surface area (Å²) in [5.74, 6) is -0.303. The first-order valence-electron chi connectivity index (χ1n) is 8.72. The van der Waals surface area contributed by atoms with Crippen LogP contribution in [-0.2, 0) is 6.42 Å². The van der Waals surface area contributed by atoms with Crippen molar-refractivity contribution in [2.24, 2.45) is 0 Å². The number of nitrogens with one attached hydrogen (secondary N) is 2. The molecule has 140 valence electrons. The highest BCUT2D eigenvalue weighted by atomic mass is 19.1. The molecule has 0 bridgehead atoms. The highest BCUT2D eigenvalue weighted by molar-refractivity contribution is 5.97. The van der Waals surface area contributed by atoms with Crippen LogP contribution in [0.15, 0.2) is 70.0 Å². The molecule has 28 heavy (non-hydrogen) atoms. The minimum Gasteiger partial charge on any atom is -0.356 e. The van der Waals surface area contributed by atoms with Gasteiger partial charge < -0.3 is 14.8 Å². The van der Waals surface area contributed by atoms with Gasteiger partial charge in [-0.15, -0.1) is 0 Å². The number of aromatic nitrogens is 2. The summed E-state index contributed by atoms with van der Waals surface area (Å²) in [6.45, 7) is 0.292. The van der Waals surface area contributed by atoms with Gasteiger partial charge in [-0.2, -0.15) is 0 Å². The van der Waals surface area contributed by atoms with Crippen molar-refractivity contribution in [3.05, 3.63) is 88.1 Å². The van der Waals surface area contributed by atoms with E-state index in [4.69, 9.17) is 4.52 Å². The van der Waals surface area contributed by atoms with E-state index in [1.54, 1.807) is 0 Å². The third-order valence-electron chi connectivity index (χ3n) is 4.34. The molecule has 0 fully saturated rings. The molecule has 0 unspecified atom stereocenters. The lowest BCUT2D eigenvalue weighted by atomic mass is 10.1. The maximum absolute atomic E-state index is 13.3. The Morgan fingerprint density at radius 2 is 1.93 bits per heavy atom. The molecule has 4 rings (SSSR count). The second-order valence-corrected chi connectivity index (χ2v) is 6.30. The molecule has 2 N–H and O–H groups in total. The predicted octanol–water partition coefficient (Wildman–Crippen LogP) is 3.29. The first-order valence-corrected chi connectivity index (χ1v) is 8.72. The van der Waals surface area contributed by atoms with Gasteiger partial charge in [-0.25, -0.2) is 4.39 Å². The van der Waals surface area contributed by atoms with Crippen LogP contribution in [0.1, 0.15) is 16.1 Å². The number of benzene rings is 2. The maximum Gasteiger partial charge on any atom is 0.261 e. The van der Waals surface area contributed by atoms with E-state index in [1.807, 2.05) is 36.4 Å². The third-order valence-corrected chi connectivity index (χ3v) is 4.34. The van der Waals surface area contributed by atoms with Gasteiger partial charge in [-0.3, -0.25) is 9.59 Å². The van der Waals surface area contributed by atoms with E-state index in [9.17, 15) is 14.0 Å². The van der Waals surface area contributed by atoms with Gasteiger partial charge in [0.05, 0.1) is 11.2 Å². The monoisotopic (exact) mass is 377 g/mol. The first-order chi connectivity index (χ1) is 13.6. The van der Waals surface area contributed by atoms with Crippen LogP contribution >= 0.6 is 0 Å². The van der Waals surface area contributed by atoms with Crippen LogP contribution in [0.25, 0.3) is 22.2 Å². The second-order valence-electron chi connectivity index (χ2n) is 6.30. The Labute approximate surface area is 159 Å². The number of fused-ring (bicyclic) bond motifs is 1. The van der Waals surface area contributed by atoms with Crippen LogP contribution in [0.5, 0.6) is 0 Å². The fraction of sp³-hybridized carbons (Fsp3) is 0.0952. The van der Waals surface area contributed by atoms with E-state index in [-0.39, 0.29) is 5.56 Å². The Kier molecular flexibility index (Phi) is 4.72. The molecule has 2 heterocycles. The molecule has 0 saturated heterocycles. The largest absolute Gasteiger partial charge is 0.356 e. The third kappa shape index (κ3) is 3.68. The summed E-state index contributed by atoms with van der Waals surface area (Å²) in [7, 11) is 0. The quantitative estimate of drug-likeness (QED) is 0.559. The number of H-pyrrole nitrogens is 1. The summed E-state index contributed by atoms with van der Waals surface area (Å²) in [5.41, 5.74) is 1.37. The summed E-state index contributed by atoms with van der Waals surface area (Å²) in [5, 5.41) is 7.28. The molecular formula is C21H16FN3O3. The van der Waals surface area contributed by atoms with Gasteiger partial charge in [-0.1, -0.05) is 35.5 Å². The van der Waals surface area contributed by atoms with Gasteiger partial charge in [0.2, 0.25) is 0 Å². The lowest BCUT2D eigenvalue weighted by Crippen LogP contribution is -2.31. The number of amides is 1. The van der Waals surface area contributed by atoms with E-state index < -0.39 is 17.3 Å². The van der Waals surface area contributed by atoms with Crippen molar-refractivity contribution in [1.82, 2.24) is 15.5 Å². The van der Waals surface area contributed by atoms with Gasteiger partial charge in [0, 0.05) is 24.6 Å². The lowest BCUT2D eigenvalue weighted by molar-refractivity contribution is 0.0952. The van der Waals surface area contributed by atoms with Crippen molar-refractivity contribution >= 4 is 16.8 Å². The number of halogens is 1. The molecular weight excluding hydrogens is 361 g/mol. The molecule has 6 nitrogen and oxygen atoms in total. The molecule has 4 aromatic rings. The van der Waals surface area contributed by atoms with Crippen molar-refractivity contribution in [3.63, 3.8) is 0 Å². The van der Waals surface area contributed by atoms with Gasteiger partial charge in [0.15, 0.2) is 5.76 Å². The lowest BCUT2D eigenvalue weighted by Gasteiger charge is -2.05. The number of carbonyl (C=O) groups excluding carboxylic acids is 1. The van der Waals surface area contributed by atoms with E-state index in [0.717, 1.165) is 5.56 Å². The fourth-order valence-corrected chi connectivity index (χ4v) is 2.91. The normalized spacial score (nSPS) is 10.9. The second kappa shape index (κ2) is 7.48. The molecule has 0 saturated carbocycles. The molecule has 1 amide bonds. The van der Waals surface area contributed by atoms with Gasteiger partial charge >= 0.3 is 0 Å². The van der Waals surface area contributed by atoms with E-state index in [0.29, 0.717) is 35.3 Å². The number of hydrogen-bond donors (Lipinski definition) is 2. The molecule has 0 aliphatic carbocycles. The van der Waals surface area contributed by atoms with Gasteiger partial charge in [-0.05, 0) is 29.7 Å². The van der Waals surface area contributed by atoms with Crippen molar-refractivity contribution < 1.29 is 13.7 Å².